The lowest BCUT2D eigenvalue weighted by atomic mass is 9.62. The zero-order valence-electron chi connectivity index (χ0n) is 14.1. The van der Waals surface area contributed by atoms with Crippen LogP contribution in [0.2, 0.25) is 0 Å². The van der Waals surface area contributed by atoms with E-state index in [1.807, 2.05) is 0 Å². The van der Waals surface area contributed by atoms with E-state index in [1.54, 1.807) is 0 Å². The van der Waals surface area contributed by atoms with Gasteiger partial charge in [-0.3, -0.25) is 0 Å². The standard InChI is InChI=1S/C20H30FN/c1-5-13(2)8-6-10-16-15(4)22-18(16)12-19(22)20-14(3)9-7-11-17(20)21/h1,13-14,16-20H,4,6-12H2,2-3H3. The van der Waals surface area contributed by atoms with Crippen molar-refractivity contribution >= 4 is 0 Å². The number of terminal acetylenes is 1. The SMILES string of the molecule is C#CC(C)CCCC1C(=C)N2C1CC2C1C(C)CCCC1F. The first-order valence-electron chi connectivity index (χ1n) is 9.12. The molecule has 0 N–H and O–H groups in total. The molecule has 0 aromatic heterocycles. The summed E-state index contributed by atoms with van der Waals surface area (Å²) in [4.78, 5) is 2.45. The molecular formula is C20H30FN. The molecule has 2 heterocycles. The van der Waals surface area contributed by atoms with Gasteiger partial charge >= 0.3 is 0 Å². The van der Waals surface area contributed by atoms with E-state index in [-0.39, 0.29) is 5.92 Å². The highest BCUT2D eigenvalue weighted by atomic mass is 19.1. The van der Waals surface area contributed by atoms with Gasteiger partial charge in [0, 0.05) is 35.5 Å². The fourth-order valence-electron chi connectivity index (χ4n) is 5.12. The second kappa shape index (κ2) is 6.26. The lowest BCUT2D eigenvalue weighted by Crippen LogP contribution is -2.71. The van der Waals surface area contributed by atoms with Crippen LogP contribution in [0, 0.1) is 36.0 Å². The maximum atomic E-state index is 14.4. The van der Waals surface area contributed by atoms with Crippen molar-refractivity contribution < 1.29 is 4.39 Å². The molecule has 3 rings (SSSR count). The number of halogens is 1. The molecule has 2 heteroatoms. The number of hydrogen-bond acceptors (Lipinski definition) is 1. The van der Waals surface area contributed by atoms with E-state index in [0.29, 0.717) is 29.8 Å². The summed E-state index contributed by atoms with van der Waals surface area (Å²) in [5.41, 5.74) is 1.28. The number of hydrogen-bond donors (Lipinski definition) is 0. The molecule has 2 aliphatic heterocycles. The summed E-state index contributed by atoms with van der Waals surface area (Å²) in [6.45, 7) is 8.66. The monoisotopic (exact) mass is 303 g/mol. The van der Waals surface area contributed by atoms with Gasteiger partial charge in [0.25, 0.3) is 0 Å². The van der Waals surface area contributed by atoms with Gasteiger partial charge in [-0.1, -0.05) is 39.7 Å². The van der Waals surface area contributed by atoms with Crippen LogP contribution in [0.1, 0.15) is 58.8 Å². The van der Waals surface area contributed by atoms with E-state index >= 15 is 0 Å². The van der Waals surface area contributed by atoms with Crippen molar-refractivity contribution in [3.8, 4) is 12.3 Å². The number of piperidine rings is 1. The smallest absolute Gasteiger partial charge is 0.105 e. The minimum Gasteiger partial charge on any atom is -0.368 e. The summed E-state index contributed by atoms with van der Waals surface area (Å²) < 4.78 is 14.4. The molecule has 1 aliphatic carbocycles. The number of rotatable bonds is 5. The van der Waals surface area contributed by atoms with Crippen LogP contribution in [-0.4, -0.2) is 23.2 Å². The Morgan fingerprint density at radius 3 is 2.82 bits per heavy atom. The summed E-state index contributed by atoms with van der Waals surface area (Å²) in [6, 6.07) is 1.09. The Labute approximate surface area is 135 Å². The van der Waals surface area contributed by atoms with Crippen LogP contribution < -0.4 is 0 Å². The molecule has 0 aromatic rings. The van der Waals surface area contributed by atoms with Crippen LogP contribution in [0.4, 0.5) is 4.39 Å². The average molecular weight is 303 g/mol. The van der Waals surface area contributed by atoms with Crippen LogP contribution in [0.25, 0.3) is 0 Å². The van der Waals surface area contributed by atoms with Crippen molar-refractivity contribution in [2.75, 3.05) is 0 Å². The lowest BCUT2D eigenvalue weighted by Gasteiger charge is -2.67. The molecule has 22 heavy (non-hydrogen) atoms. The molecule has 0 spiro atoms. The maximum absolute atomic E-state index is 14.4. The Morgan fingerprint density at radius 1 is 1.41 bits per heavy atom. The molecule has 0 amide bonds. The number of nitrogens with zero attached hydrogens (tertiary/aromatic N) is 1. The molecular weight excluding hydrogens is 273 g/mol. The van der Waals surface area contributed by atoms with Crippen molar-refractivity contribution in [1.29, 1.82) is 0 Å². The number of fused-ring (bicyclic) bond motifs is 1. The first-order chi connectivity index (χ1) is 10.5. The summed E-state index contributed by atoms with van der Waals surface area (Å²) in [5, 5.41) is 0. The van der Waals surface area contributed by atoms with Gasteiger partial charge in [0.2, 0.25) is 0 Å². The average Bonchev–Trinajstić information content (AvgIpc) is 2.46. The van der Waals surface area contributed by atoms with Gasteiger partial charge in [-0.2, -0.15) is 0 Å². The molecule has 3 aliphatic rings. The largest absolute Gasteiger partial charge is 0.368 e. The Balaban J connectivity index is 1.50. The van der Waals surface area contributed by atoms with Gasteiger partial charge in [-0.15, -0.1) is 12.3 Å². The van der Waals surface area contributed by atoms with E-state index in [1.165, 1.54) is 31.4 Å². The van der Waals surface area contributed by atoms with Crippen molar-refractivity contribution in [3.05, 3.63) is 12.3 Å². The highest BCUT2D eigenvalue weighted by Crippen LogP contribution is 2.55. The topological polar surface area (TPSA) is 3.24 Å². The van der Waals surface area contributed by atoms with E-state index < -0.39 is 6.17 Å². The molecule has 0 bridgehead atoms. The van der Waals surface area contributed by atoms with Crippen LogP contribution in [-0.2, 0) is 0 Å². The molecule has 7 atom stereocenters. The maximum Gasteiger partial charge on any atom is 0.105 e. The van der Waals surface area contributed by atoms with Gasteiger partial charge in [0.05, 0.1) is 0 Å². The molecule has 3 fully saturated rings. The third-order valence-corrected chi connectivity index (χ3v) is 6.52. The van der Waals surface area contributed by atoms with E-state index in [9.17, 15) is 4.39 Å². The molecule has 0 aromatic carbocycles. The summed E-state index contributed by atoms with van der Waals surface area (Å²) in [6.07, 6.45) is 12.6. The van der Waals surface area contributed by atoms with Gasteiger partial charge in [0.1, 0.15) is 6.17 Å². The van der Waals surface area contributed by atoms with Crippen LogP contribution in [0.15, 0.2) is 12.3 Å². The summed E-state index contributed by atoms with van der Waals surface area (Å²) >= 11 is 0. The van der Waals surface area contributed by atoms with E-state index in [0.717, 1.165) is 19.3 Å². The Kier molecular flexibility index (Phi) is 4.53. The van der Waals surface area contributed by atoms with Gasteiger partial charge in [-0.25, -0.2) is 4.39 Å². The minimum atomic E-state index is -0.599. The zero-order valence-corrected chi connectivity index (χ0v) is 14.1. The fraction of sp³-hybridized carbons (Fsp3) is 0.800. The third kappa shape index (κ3) is 2.57. The third-order valence-electron chi connectivity index (χ3n) is 6.52. The first kappa shape index (κ1) is 15.9. The fourth-order valence-corrected chi connectivity index (χ4v) is 5.12. The normalized spacial score (nSPS) is 41.9. The van der Waals surface area contributed by atoms with Crippen LogP contribution in [0.3, 0.4) is 0 Å². The highest BCUT2D eigenvalue weighted by Gasteiger charge is 2.57. The highest BCUT2D eigenvalue weighted by molar-refractivity contribution is 5.26. The molecule has 1 nitrogen and oxygen atoms in total. The predicted octanol–water partition coefficient (Wildman–Crippen LogP) is 4.79. The minimum absolute atomic E-state index is 0.240. The van der Waals surface area contributed by atoms with Gasteiger partial charge < -0.3 is 4.90 Å². The second-order valence-corrected chi connectivity index (χ2v) is 7.88. The van der Waals surface area contributed by atoms with Crippen LogP contribution >= 0.6 is 0 Å². The molecule has 122 valence electrons. The van der Waals surface area contributed by atoms with Crippen molar-refractivity contribution in [2.45, 2.75) is 77.0 Å². The summed E-state index contributed by atoms with van der Waals surface area (Å²) in [5.74, 6) is 4.59. The Bertz CT molecular complexity index is 455. The van der Waals surface area contributed by atoms with E-state index in [2.05, 4.69) is 31.2 Å². The Hall–Kier alpha value is -0.970. The number of alkyl halides is 1. The van der Waals surface area contributed by atoms with Crippen LogP contribution in [0.5, 0.6) is 0 Å². The van der Waals surface area contributed by atoms with Crippen molar-refractivity contribution in [2.24, 2.45) is 23.7 Å². The predicted molar refractivity (Wildman–Crippen MR) is 89.9 cm³/mol. The molecule has 1 saturated carbocycles. The van der Waals surface area contributed by atoms with Crippen molar-refractivity contribution in [3.63, 3.8) is 0 Å². The van der Waals surface area contributed by atoms with Gasteiger partial charge in [0.15, 0.2) is 0 Å². The molecule has 7 unspecified atom stereocenters. The molecule has 2 saturated heterocycles. The summed E-state index contributed by atoms with van der Waals surface area (Å²) in [7, 11) is 0. The lowest BCUT2D eigenvalue weighted by molar-refractivity contribution is -0.122. The van der Waals surface area contributed by atoms with Gasteiger partial charge in [-0.05, 0) is 31.6 Å². The van der Waals surface area contributed by atoms with Crippen molar-refractivity contribution in [1.82, 2.24) is 4.90 Å². The first-order valence-corrected chi connectivity index (χ1v) is 9.12. The zero-order chi connectivity index (χ0) is 15.9. The quantitative estimate of drug-likeness (QED) is 0.660. The molecule has 0 radical (unpaired) electrons. The Morgan fingerprint density at radius 2 is 2.18 bits per heavy atom. The van der Waals surface area contributed by atoms with E-state index in [4.69, 9.17) is 6.42 Å². The second-order valence-electron chi connectivity index (χ2n) is 7.88.